The van der Waals surface area contributed by atoms with Gasteiger partial charge in [0.15, 0.2) is 0 Å². The van der Waals surface area contributed by atoms with E-state index in [0.717, 1.165) is 11.3 Å². The summed E-state index contributed by atoms with van der Waals surface area (Å²) in [5.74, 6) is -0.576. The molecule has 6 heteroatoms. The van der Waals surface area contributed by atoms with E-state index in [2.05, 4.69) is 15.6 Å². The fourth-order valence-corrected chi connectivity index (χ4v) is 2.39. The second-order valence-electron chi connectivity index (χ2n) is 5.38. The maximum atomic E-state index is 12.9. The zero-order valence-electron chi connectivity index (χ0n) is 13.2. The van der Waals surface area contributed by atoms with Gasteiger partial charge in [-0.2, -0.15) is 0 Å². The number of nitrogens with one attached hydrogen (secondary N) is 2. The van der Waals surface area contributed by atoms with Crippen molar-refractivity contribution in [2.45, 2.75) is 6.54 Å². The van der Waals surface area contributed by atoms with E-state index < -0.39 is 0 Å². The Morgan fingerprint density at radius 3 is 2.52 bits per heavy atom. The van der Waals surface area contributed by atoms with E-state index in [1.54, 1.807) is 54.7 Å². The van der Waals surface area contributed by atoms with Gasteiger partial charge in [-0.3, -0.25) is 4.79 Å². The summed E-state index contributed by atoms with van der Waals surface area (Å²) in [4.78, 5) is 16.3. The highest BCUT2D eigenvalue weighted by atomic mass is 35.5. The molecule has 1 aromatic heterocycles. The van der Waals surface area contributed by atoms with Gasteiger partial charge in [-0.05, 0) is 48.0 Å². The van der Waals surface area contributed by atoms with E-state index in [4.69, 9.17) is 11.6 Å². The molecule has 0 saturated heterocycles. The Balaban J connectivity index is 1.59. The molecule has 0 fully saturated rings. The van der Waals surface area contributed by atoms with Crippen molar-refractivity contribution in [1.82, 2.24) is 4.98 Å². The lowest BCUT2D eigenvalue weighted by Gasteiger charge is -2.08. The van der Waals surface area contributed by atoms with Crippen LogP contribution >= 0.6 is 11.6 Å². The van der Waals surface area contributed by atoms with Gasteiger partial charge in [-0.15, -0.1) is 0 Å². The number of nitrogens with zero attached hydrogens (tertiary/aromatic N) is 1. The summed E-state index contributed by atoms with van der Waals surface area (Å²) in [6, 6.07) is 16.6. The number of amides is 1. The molecule has 0 atom stereocenters. The molecule has 0 aliphatic carbocycles. The zero-order chi connectivity index (χ0) is 17.6. The van der Waals surface area contributed by atoms with Gasteiger partial charge in [0.25, 0.3) is 5.91 Å². The Labute approximate surface area is 149 Å². The monoisotopic (exact) mass is 355 g/mol. The number of carbonyl (C=O) groups is 1. The third kappa shape index (κ3) is 4.78. The zero-order valence-corrected chi connectivity index (χ0v) is 13.9. The van der Waals surface area contributed by atoms with Gasteiger partial charge in [0, 0.05) is 17.3 Å². The number of aromatic nitrogens is 1. The van der Waals surface area contributed by atoms with Crippen LogP contribution in [0, 0.1) is 5.82 Å². The summed E-state index contributed by atoms with van der Waals surface area (Å²) >= 11 is 5.89. The number of hydrogen-bond acceptors (Lipinski definition) is 3. The van der Waals surface area contributed by atoms with E-state index in [9.17, 15) is 9.18 Å². The lowest BCUT2D eigenvalue weighted by Crippen LogP contribution is -2.13. The van der Waals surface area contributed by atoms with Crippen molar-refractivity contribution < 1.29 is 9.18 Å². The van der Waals surface area contributed by atoms with Crippen molar-refractivity contribution in [3.63, 3.8) is 0 Å². The minimum absolute atomic E-state index is 0.263. The fourth-order valence-electron chi connectivity index (χ4n) is 2.20. The molecule has 0 saturated carbocycles. The molecule has 3 rings (SSSR count). The maximum Gasteiger partial charge on any atom is 0.274 e. The van der Waals surface area contributed by atoms with Gasteiger partial charge in [0.2, 0.25) is 0 Å². The Kier molecular flexibility index (Phi) is 5.26. The van der Waals surface area contributed by atoms with Crippen molar-refractivity contribution in [2.24, 2.45) is 0 Å². The summed E-state index contributed by atoms with van der Waals surface area (Å²) < 4.78 is 12.9. The number of anilines is 2. The SMILES string of the molecule is O=C(Nc1cccc(Cl)c1)c1ccc(NCc2ccc(F)cc2)cn1. The second-order valence-corrected chi connectivity index (χ2v) is 5.81. The van der Waals surface area contributed by atoms with E-state index in [1.165, 1.54) is 12.1 Å². The Hall–Kier alpha value is -2.92. The first-order valence-electron chi connectivity index (χ1n) is 7.61. The molecule has 0 bridgehead atoms. The number of rotatable bonds is 5. The highest BCUT2D eigenvalue weighted by Crippen LogP contribution is 2.16. The quantitative estimate of drug-likeness (QED) is 0.695. The van der Waals surface area contributed by atoms with E-state index in [0.29, 0.717) is 22.9 Å². The van der Waals surface area contributed by atoms with Crippen LogP contribution in [-0.4, -0.2) is 10.9 Å². The van der Waals surface area contributed by atoms with E-state index in [1.807, 2.05) is 0 Å². The van der Waals surface area contributed by atoms with Gasteiger partial charge < -0.3 is 10.6 Å². The fraction of sp³-hybridized carbons (Fsp3) is 0.0526. The molecule has 0 aliphatic heterocycles. The molecular weight excluding hydrogens is 341 g/mol. The topological polar surface area (TPSA) is 54.0 Å². The van der Waals surface area contributed by atoms with Gasteiger partial charge in [-0.25, -0.2) is 9.37 Å². The van der Waals surface area contributed by atoms with Gasteiger partial charge in [0.05, 0.1) is 11.9 Å². The van der Waals surface area contributed by atoms with Crippen LogP contribution in [0.25, 0.3) is 0 Å². The maximum absolute atomic E-state index is 12.9. The molecule has 4 nitrogen and oxygen atoms in total. The van der Waals surface area contributed by atoms with Gasteiger partial charge >= 0.3 is 0 Å². The van der Waals surface area contributed by atoms with Crippen molar-refractivity contribution in [3.05, 3.63) is 89.0 Å². The smallest absolute Gasteiger partial charge is 0.274 e. The average molecular weight is 356 g/mol. The predicted molar refractivity (Wildman–Crippen MR) is 97.4 cm³/mol. The second kappa shape index (κ2) is 7.77. The normalized spacial score (nSPS) is 10.3. The molecule has 1 amide bonds. The lowest BCUT2D eigenvalue weighted by atomic mass is 10.2. The van der Waals surface area contributed by atoms with Gasteiger partial charge in [0.1, 0.15) is 11.5 Å². The minimum atomic E-state index is -0.313. The first-order valence-corrected chi connectivity index (χ1v) is 7.99. The van der Waals surface area contributed by atoms with E-state index in [-0.39, 0.29) is 11.7 Å². The largest absolute Gasteiger partial charge is 0.380 e. The Morgan fingerprint density at radius 1 is 1.04 bits per heavy atom. The van der Waals surface area contributed by atoms with Crippen LogP contribution in [0.2, 0.25) is 5.02 Å². The van der Waals surface area contributed by atoms with Crippen LogP contribution in [-0.2, 0) is 6.54 Å². The summed E-state index contributed by atoms with van der Waals surface area (Å²) in [6.45, 7) is 0.538. The molecule has 0 aliphatic rings. The Bertz CT molecular complexity index is 867. The third-order valence-electron chi connectivity index (χ3n) is 3.49. The lowest BCUT2D eigenvalue weighted by molar-refractivity contribution is 0.102. The van der Waals surface area contributed by atoms with Crippen LogP contribution in [0.15, 0.2) is 66.9 Å². The summed E-state index contributed by atoms with van der Waals surface area (Å²) in [5, 5.41) is 6.46. The van der Waals surface area contributed by atoms with Crippen LogP contribution < -0.4 is 10.6 Å². The molecule has 25 heavy (non-hydrogen) atoms. The predicted octanol–water partition coefficient (Wildman–Crippen LogP) is 4.74. The number of benzene rings is 2. The summed E-state index contributed by atoms with van der Waals surface area (Å²) in [5.41, 5.74) is 2.62. The first-order chi connectivity index (χ1) is 12.1. The van der Waals surface area contributed by atoms with Crippen molar-refractivity contribution in [3.8, 4) is 0 Å². The van der Waals surface area contributed by atoms with Crippen LogP contribution in [0.4, 0.5) is 15.8 Å². The first kappa shape index (κ1) is 16.9. The standard InChI is InChI=1S/C19H15ClFN3O/c20-14-2-1-3-16(10-14)24-19(25)18-9-8-17(12-23-18)22-11-13-4-6-15(21)7-5-13/h1-10,12,22H,11H2,(H,24,25). The average Bonchev–Trinajstić information content (AvgIpc) is 2.62. The molecule has 0 spiro atoms. The number of carbonyl (C=O) groups excluding carboxylic acids is 1. The number of hydrogen-bond donors (Lipinski definition) is 2. The van der Waals surface area contributed by atoms with Crippen molar-refractivity contribution >= 4 is 28.9 Å². The highest BCUT2D eigenvalue weighted by molar-refractivity contribution is 6.30. The van der Waals surface area contributed by atoms with Gasteiger partial charge in [-0.1, -0.05) is 29.8 Å². The highest BCUT2D eigenvalue weighted by Gasteiger charge is 2.08. The van der Waals surface area contributed by atoms with Crippen LogP contribution in [0.1, 0.15) is 16.1 Å². The molecule has 2 N–H and O–H groups in total. The number of pyridine rings is 1. The molecular formula is C19H15ClFN3O. The molecule has 1 heterocycles. The number of halogens is 2. The molecule has 0 unspecified atom stereocenters. The van der Waals surface area contributed by atoms with E-state index >= 15 is 0 Å². The van der Waals surface area contributed by atoms with Crippen LogP contribution in [0.3, 0.4) is 0 Å². The van der Waals surface area contributed by atoms with Crippen LogP contribution in [0.5, 0.6) is 0 Å². The third-order valence-corrected chi connectivity index (χ3v) is 3.72. The minimum Gasteiger partial charge on any atom is -0.380 e. The van der Waals surface area contributed by atoms with Crippen molar-refractivity contribution in [1.29, 1.82) is 0 Å². The summed E-state index contributed by atoms with van der Waals surface area (Å²) in [7, 11) is 0. The molecule has 0 radical (unpaired) electrons. The molecule has 2 aromatic carbocycles. The summed E-state index contributed by atoms with van der Waals surface area (Å²) in [6.07, 6.45) is 1.58. The molecule has 3 aromatic rings. The molecule has 126 valence electrons. The Morgan fingerprint density at radius 2 is 1.84 bits per heavy atom. The van der Waals surface area contributed by atoms with Crippen molar-refractivity contribution in [2.75, 3.05) is 10.6 Å².